The molecule has 1 aliphatic rings. The molecule has 0 saturated heterocycles. The normalized spacial score (nSPS) is 16.9. The molecule has 1 aromatic heterocycles. The number of carbonyl (C=O) groups is 1. The first kappa shape index (κ1) is 11.3. The highest BCUT2D eigenvalue weighted by molar-refractivity contribution is 6.27. The van der Waals surface area contributed by atoms with Gasteiger partial charge < -0.3 is 4.90 Å². The van der Waals surface area contributed by atoms with Crippen molar-refractivity contribution in [3.63, 3.8) is 0 Å². The third kappa shape index (κ3) is 2.32. The average molecular weight is 240 g/mol. The van der Waals surface area contributed by atoms with Crippen LogP contribution >= 0.6 is 11.6 Å². The Bertz CT molecular complexity index is 367. The van der Waals surface area contributed by atoms with Gasteiger partial charge in [-0.15, -0.1) is 11.6 Å². The van der Waals surface area contributed by atoms with Gasteiger partial charge in [-0.1, -0.05) is 0 Å². The molecule has 1 fully saturated rings. The Balaban J connectivity index is 2.17. The molecular weight excluding hydrogens is 226 g/mol. The SMILES string of the molecule is C[C@@H](c1cnccn1)N(C(=O)CCl)C1CC1. The van der Waals surface area contributed by atoms with Gasteiger partial charge in [0.25, 0.3) is 0 Å². The molecule has 0 aliphatic heterocycles. The third-order valence-corrected chi connectivity index (χ3v) is 3.00. The number of amides is 1. The van der Waals surface area contributed by atoms with Gasteiger partial charge in [0.05, 0.1) is 17.9 Å². The van der Waals surface area contributed by atoms with E-state index in [0.29, 0.717) is 6.04 Å². The maximum atomic E-state index is 11.8. The lowest BCUT2D eigenvalue weighted by molar-refractivity contribution is -0.131. The van der Waals surface area contributed by atoms with Crippen molar-refractivity contribution in [1.82, 2.24) is 14.9 Å². The summed E-state index contributed by atoms with van der Waals surface area (Å²) in [5, 5.41) is 0. The quantitative estimate of drug-likeness (QED) is 0.753. The first-order valence-electron chi connectivity index (χ1n) is 5.37. The highest BCUT2D eigenvalue weighted by Crippen LogP contribution is 2.33. The van der Waals surface area contributed by atoms with Crippen molar-refractivity contribution in [1.29, 1.82) is 0 Å². The van der Waals surface area contributed by atoms with Gasteiger partial charge >= 0.3 is 0 Å². The van der Waals surface area contributed by atoms with Crippen LogP contribution in [0.5, 0.6) is 0 Å². The summed E-state index contributed by atoms with van der Waals surface area (Å²) in [6.07, 6.45) is 7.09. The molecule has 1 heterocycles. The number of hydrogen-bond donors (Lipinski definition) is 0. The maximum Gasteiger partial charge on any atom is 0.238 e. The minimum atomic E-state index is -0.0487. The van der Waals surface area contributed by atoms with Crippen molar-refractivity contribution in [3.8, 4) is 0 Å². The molecule has 5 heteroatoms. The zero-order valence-electron chi connectivity index (χ0n) is 9.14. The summed E-state index contributed by atoms with van der Waals surface area (Å²) in [7, 11) is 0. The molecule has 1 aliphatic carbocycles. The lowest BCUT2D eigenvalue weighted by Crippen LogP contribution is -2.36. The standard InChI is InChI=1S/C11H14ClN3O/c1-8(10-7-13-4-5-14-10)15(9-2-3-9)11(16)6-12/h4-5,7-9H,2-3,6H2,1H3/t8-/m0/s1. The lowest BCUT2D eigenvalue weighted by atomic mass is 10.2. The van der Waals surface area contributed by atoms with E-state index in [1.165, 1.54) is 0 Å². The first-order valence-corrected chi connectivity index (χ1v) is 5.90. The summed E-state index contributed by atoms with van der Waals surface area (Å²) in [5.74, 6) is 0.00324. The highest BCUT2D eigenvalue weighted by atomic mass is 35.5. The van der Waals surface area contributed by atoms with E-state index in [1.54, 1.807) is 18.6 Å². The number of halogens is 1. The fourth-order valence-corrected chi connectivity index (χ4v) is 1.96. The lowest BCUT2D eigenvalue weighted by Gasteiger charge is -2.28. The minimum Gasteiger partial charge on any atom is -0.330 e. The molecule has 0 bridgehead atoms. The summed E-state index contributed by atoms with van der Waals surface area (Å²) >= 11 is 5.62. The van der Waals surface area contributed by atoms with E-state index in [0.717, 1.165) is 18.5 Å². The van der Waals surface area contributed by atoms with Crippen molar-refractivity contribution in [2.75, 3.05) is 5.88 Å². The zero-order chi connectivity index (χ0) is 11.5. The van der Waals surface area contributed by atoms with Crippen molar-refractivity contribution < 1.29 is 4.79 Å². The zero-order valence-corrected chi connectivity index (χ0v) is 9.89. The van der Waals surface area contributed by atoms with Crippen LogP contribution in [0.2, 0.25) is 0 Å². The number of aromatic nitrogens is 2. The summed E-state index contributed by atoms with van der Waals surface area (Å²) < 4.78 is 0. The van der Waals surface area contributed by atoms with E-state index in [4.69, 9.17) is 11.6 Å². The van der Waals surface area contributed by atoms with Crippen molar-refractivity contribution in [2.45, 2.75) is 31.8 Å². The van der Waals surface area contributed by atoms with Gasteiger partial charge in [-0.3, -0.25) is 14.8 Å². The molecule has 2 rings (SSSR count). The summed E-state index contributed by atoms with van der Waals surface area (Å²) in [4.78, 5) is 21.8. The molecular formula is C11H14ClN3O. The predicted octanol–water partition coefficient (Wildman–Crippen LogP) is 1.77. The van der Waals surface area contributed by atoms with E-state index in [1.807, 2.05) is 11.8 Å². The van der Waals surface area contributed by atoms with Crippen molar-refractivity contribution >= 4 is 17.5 Å². The summed E-state index contributed by atoms with van der Waals surface area (Å²) in [6.45, 7) is 1.97. The topological polar surface area (TPSA) is 46.1 Å². The second kappa shape index (κ2) is 4.78. The van der Waals surface area contributed by atoms with E-state index in [-0.39, 0.29) is 17.8 Å². The molecule has 0 radical (unpaired) electrons. The number of alkyl halides is 1. The van der Waals surface area contributed by atoms with Gasteiger partial charge in [-0.2, -0.15) is 0 Å². The molecule has 1 aromatic rings. The Morgan fingerprint density at radius 3 is 2.88 bits per heavy atom. The van der Waals surface area contributed by atoms with Crippen LogP contribution in [0.1, 0.15) is 31.5 Å². The molecule has 86 valence electrons. The minimum absolute atomic E-state index is 0.0256. The van der Waals surface area contributed by atoms with Crippen LogP contribution in [0.4, 0.5) is 0 Å². The largest absolute Gasteiger partial charge is 0.330 e. The van der Waals surface area contributed by atoms with Crippen LogP contribution in [0, 0.1) is 0 Å². The predicted molar refractivity (Wildman–Crippen MR) is 61.0 cm³/mol. The molecule has 1 saturated carbocycles. The maximum absolute atomic E-state index is 11.8. The first-order chi connectivity index (χ1) is 7.74. The smallest absolute Gasteiger partial charge is 0.238 e. The molecule has 1 atom stereocenters. The highest BCUT2D eigenvalue weighted by Gasteiger charge is 2.36. The summed E-state index contributed by atoms with van der Waals surface area (Å²) in [6, 6.07) is 0.288. The van der Waals surface area contributed by atoms with Crippen LogP contribution in [0.25, 0.3) is 0 Å². The van der Waals surface area contributed by atoms with Gasteiger partial charge in [0.15, 0.2) is 0 Å². The van der Waals surface area contributed by atoms with E-state index < -0.39 is 0 Å². The second-order valence-corrected chi connectivity index (χ2v) is 4.24. The van der Waals surface area contributed by atoms with Crippen LogP contribution < -0.4 is 0 Å². The van der Waals surface area contributed by atoms with Crippen molar-refractivity contribution in [2.24, 2.45) is 0 Å². The van der Waals surface area contributed by atoms with Gasteiger partial charge in [0, 0.05) is 18.4 Å². The van der Waals surface area contributed by atoms with E-state index in [9.17, 15) is 4.79 Å². The molecule has 0 N–H and O–H groups in total. The average Bonchev–Trinajstić information content (AvgIpc) is 3.14. The molecule has 4 nitrogen and oxygen atoms in total. The molecule has 0 spiro atoms. The van der Waals surface area contributed by atoms with Gasteiger partial charge in [-0.05, 0) is 19.8 Å². The fourth-order valence-electron chi connectivity index (χ4n) is 1.83. The molecule has 16 heavy (non-hydrogen) atoms. The van der Waals surface area contributed by atoms with Gasteiger partial charge in [0.2, 0.25) is 5.91 Å². The van der Waals surface area contributed by atoms with Crippen LogP contribution in [-0.2, 0) is 4.79 Å². The number of nitrogens with zero attached hydrogens (tertiary/aromatic N) is 3. The van der Waals surface area contributed by atoms with Gasteiger partial charge in [0.1, 0.15) is 5.88 Å². The Morgan fingerprint density at radius 2 is 2.38 bits per heavy atom. The Hall–Kier alpha value is -1.16. The summed E-state index contributed by atoms with van der Waals surface area (Å²) in [5.41, 5.74) is 0.813. The number of carbonyl (C=O) groups excluding carboxylic acids is 1. The Morgan fingerprint density at radius 1 is 1.62 bits per heavy atom. The Kier molecular flexibility index (Phi) is 3.39. The molecule has 1 amide bonds. The molecule has 0 unspecified atom stereocenters. The monoisotopic (exact) mass is 239 g/mol. The fraction of sp³-hybridized carbons (Fsp3) is 0.545. The van der Waals surface area contributed by atoms with Crippen LogP contribution in [0.3, 0.4) is 0 Å². The van der Waals surface area contributed by atoms with Gasteiger partial charge in [-0.25, -0.2) is 0 Å². The number of hydrogen-bond acceptors (Lipinski definition) is 3. The van der Waals surface area contributed by atoms with E-state index in [2.05, 4.69) is 9.97 Å². The third-order valence-electron chi connectivity index (χ3n) is 2.77. The Labute approximate surface area is 99.6 Å². The van der Waals surface area contributed by atoms with Crippen LogP contribution in [0.15, 0.2) is 18.6 Å². The van der Waals surface area contributed by atoms with Crippen LogP contribution in [-0.4, -0.2) is 32.7 Å². The van der Waals surface area contributed by atoms with Crippen molar-refractivity contribution in [3.05, 3.63) is 24.3 Å². The second-order valence-electron chi connectivity index (χ2n) is 3.97. The molecule has 0 aromatic carbocycles. The number of rotatable bonds is 4. The van der Waals surface area contributed by atoms with E-state index >= 15 is 0 Å².